The van der Waals surface area contributed by atoms with Crippen LogP contribution in [0.5, 0.6) is 0 Å². The van der Waals surface area contributed by atoms with Gasteiger partial charge >= 0.3 is 0 Å². The first-order chi connectivity index (χ1) is 8.33. The van der Waals surface area contributed by atoms with Gasteiger partial charge in [-0.25, -0.2) is 0 Å². The highest BCUT2D eigenvalue weighted by molar-refractivity contribution is 5.30. The molecule has 0 saturated heterocycles. The van der Waals surface area contributed by atoms with Gasteiger partial charge in [0, 0.05) is 19.7 Å². The monoisotopic (exact) mass is 232 g/mol. The minimum absolute atomic E-state index is 0.127. The van der Waals surface area contributed by atoms with Gasteiger partial charge < -0.3 is 10.5 Å². The number of benzene rings is 1. The number of nitrogens with one attached hydrogen (secondary N) is 1. The van der Waals surface area contributed by atoms with Crippen molar-refractivity contribution < 1.29 is 4.74 Å². The molecule has 0 aliphatic heterocycles. The molecule has 3 N–H and O–H groups in total. The first-order valence-electron chi connectivity index (χ1n) is 5.73. The Kier molecular flexibility index (Phi) is 6.34. The maximum Gasteiger partial charge on any atom is 0.0716 e. The van der Waals surface area contributed by atoms with Crippen molar-refractivity contribution in [3.63, 3.8) is 0 Å². The van der Waals surface area contributed by atoms with Gasteiger partial charge in [0.05, 0.1) is 13.2 Å². The second-order valence-electron chi connectivity index (χ2n) is 3.73. The van der Waals surface area contributed by atoms with Crippen molar-refractivity contribution in [3.05, 3.63) is 35.4 Å². The van der Waals surface area contributed by atoms with Crippen molar-refractivity contribution in [3.8, 4) is 11.8 Å². The molecule has 0 amide bonds. The van der Waals surface area contributed by atoms with Crippen LogP contribution in [0, 0.1) is 11.8 Å². The second kappa shape index (κ2) is 7.86. The third-order valence-corrected chi connectivity index (χ3v) is 2.58. The van der Waals surface area contributed by atoms with E-state index in [0.29, 0.717) is 19.7 Å². The Morgan fingerprint density at radius 3 is 2.82 bits per heavy atom. The summed E-state index contributed by atoms with van der Waals surface area (Å²) in [6.07, 6.45) is 0. The molecular weight excluding hydrogens is 212 g/mol. The molecule has 1 unspecified atom stereocenters. The van der Waals surface area contributed by atoms with Gasteiger partial charge in [-0.15, -0.1) is 5.92 Å². The molecule has 0 bridgehead atoms. The van der Waals surface area contributed by atoms with Gasteiger partial charge in [0.15, 0.2) is 0 Å². The first-order valence-corrected chi connectivity index (χ1v) is 5.73. The van der Waals surface area contributed by atoms with Crippen molar-refractivity contribution in [2.24, 2.45) is 5.73 Å². The van der Waals surface area contributed by atoms with E-state index in [9.17, 15) is 0 Å². The normalized spacial score (nSPS) is 11.7. The Hall–Kier alpha value is -1.34. The highest BCUT2D eigenvalue weighted by Crippen LogP contribution is 2.17. The van der Waals surface area contributed by atoms with Gasteiger partial charge in [-0.2, -0.15) is 0 Å². The van der Waals surface area contributed by atoms with Crippen LogP contribution in [0.4, 0.5) is 0 Å². The van der Waals surface area contributed by atoms with Crippen LogP contribution < -0.4 is 11.1 Å². The van der Waals surface area contributed by atoms with Crippen LogP contribution in [0.3, 0.4) is 0 Å². The van der Waals surface area contributed by atoms with Crippen LogP contribution >= 0.6 is 0 Å². The van der Waals surface area contributed by atoms with Gasteiger partial charge in [0.2, 0.25) is 0 Å². The molecule has 1 rings (SSSR count). The Balaban J connectivity index is 2.81. The summed E-state index contributed by atoms with van der Waals surface area (Å²) in [7, 11) is 1.70. The van der Waals surface area contributed by atoms with Crippen LogP contribution in [0.15, 0.2) is 24.3 Å². The summed E-state index contributed by atoms with van der Waals surface area (Å²) in [5, 5.41) is 3.33. The minimum atomic E-state index is 0.127. The summed E-state index contributed by atoms with van der Waals surface area (Å²) in [5.74, 6) is 5.85. The Bertz CT molecular complexity index is 393. The summed E-state index contributed by atoms with van der Waals surface area (Å²) in [4.78, 5) is 0. The highest BCUT2D eigenvalue weighted by Gasteiger charge is 2.11. The molecule has 1 aromatic carbocycles. The standard InChI is InChI=1S/C14H20N2O/c1-3-4-9-16-14(10-15)13-8-6-5-7-12(13)11-17-2/h5-8,14,16H,9-11,15H2,1-2H3. The average Bonchev–Trinajstić information content (AvgIpc) is 2.36. The molecule has 17 heavy (non-hydrogen) atoms. The molecule has 1 aromatic rings. The molecule has 0 saturated carbocycles. The Labute approximate surface area is 103 Å². The maximum atomic E-state index is 5.80. The molecule has 3 nitrogen and oxygen atoms in total. The lowest BCUT2D eigenvalue weighted by Crippen LogP contribution is -2.29. The number of hydrogen-bond donors (Lipinski definition) is 2. The number of rotatable bonds is 6. The summed E-state index contributed by atoms with van der Waals surface area (Å²) in [5.41, 5.74) is 8.16. The van der Waals surface area contributed by atoms with Gasteiger partial charge in [-0.05, 0) is 18.1 Å². The van der Waals surface area contributed by atoms with Crippen molar-refractivity contribution in [2.45, 2.75) is 19.6 Å². The van der Waals surface area contributed by atoms with E-state index in [0.717, 1.165) is 0 Å². The van der Waals surface area contributed by atoms with Crippen molar-refractivity contribution in [1.29, 1.82) is 0 Å². The van der Waals surface area contributed by atoms with Crippen LogP contribution in [0.1, 0.15) is 24.1 Å². The minimum Gasteiger partial charge on any atom is -0.380 e. The van der Waals surface area contributed by atoms with Crippen molar-refractivity contribution in [2.75, 3.05) is 20.2 Å². The van der Waals surface area contributed by atoms with Gasteiger partial charge in [-0.1, -0.05) is 30.2 Å². The third kappa shape index (κ3) is 4.20. The van der Waals surface area contributed by atoms with Crippen LogP contribution in [0.25, 0.3) is 0 Å². The van der Waals surface area contributed by atoms with Crippen molar-refractivity contribution in [1.82, 2.24) is 5.32 Å². The van der Waals surface area contributed by atoms with E-state index in [1.807, 2.05) is 19.1 Å². The molecule has 0 fully saturated rings. The predicted octanol–water partition coefficient (Wildman–Crippen LogP) is 1.45. The smallest absolute Gasteiger partial charge is 0.0716 e. The van der Waals surface area contributed by atoms with Crippen LogP contribution in [-0.2, 0) is 11.3 Å². The molecule has 0 radical (unpaired) electrons. The van der Waals surface area contributed by atoms with E-state index in [1.54, 1.807) is 7.11 Å². The zero-order valence-corrected chi connectivity index (χ0v) is 10.5. The third-order valence-electron chi connectivity index (χ3n) is 2.58. The highest BCUT2D eigenvalue weighted by atomic mass is 16.5. The number of methoxy groups -OCH3 is 1. The molecule has 1 atom stereocenters. The van der Waals surface area contributed by atoms with E-state index in [1.165, 1.54) is 11.1 Å². The van der Waals surface area contributed by atoms with Gasteiger partial charge in [0.1, 0.15) is 0 Å². The number of hydrogen-bond acceptors (Lipinski definition) is 3. The average molecular weight is 232 g/mol. The van der Waals surface area contributed by atoms with E-state index in [4.69, 9.17) is 10.5 Å². The topological polar surface area (TPSA) is 47.3 Å². The second-order valence-corrected chi connectivity index (χ2v) is 3.73. The zero-order valence-electron chi connectivity index (χ0n) is 10.5. The lowest BCUT2D eigenvalue weighted by atomic mass is 10.0. The van der Waals surface area contributed by atoms with E-state index >= 15 is 0 Å². The van der Waals surface area contributed by atoms with E-state index in [2.05, 4.69) is 29.3 Å². The van der Waals surface area contributed by atoms with Crippen molar-refractivity contribution >= 4 is 0 Å². The molecule has 3 heteroatoms. The fraction of sp³-hybridized carbons (Fsp3) is 0.429. The Morgan fingerprint density at radius 2 is 2.18 bits per heavy atom. The predicted molar refractivity (Wildman–Crippen MR) is 70.4 cm³/mol. The lowest BCUT2D eigenvalue weighted by Gasteiger charge is -2.19. The zero-order chi connectivity index (χ0) is 12.5. The first kappa shape index (κ1) is 13.7. The fourth-order valence-electron chi connectivity index (χ4n) is 1.74. The summed E-state index contributed by atoms with van der Waals surface area (Å²) < 4.78 is 5.19. The lowest BCUT2D eigenvalue weighted by molar-refractivity contribution is 0.183. The summed E-state index contributed by atoms with van der Waals surface area (Å²) >= 11 is 0. The van der Waals surface area contributed by atoms with E-state index < -0.39 is 0 Å². The molecule has 0 aliphatic rings. The molecule has 0 spiro atoms. The SMILES string of the molecule is CC#CCNC(CN)c1ccccc1COC. The largest absolute Gasteiger partial charge is 0.380 e. The van der Waals surface area contributed by atoms with Crippen LogP contribution in [-0.4, -0.2) is 20.2 Å². The van der Waals surface area contributed by atoms with Crippen LogP contribution in [0.2, 0.25) is 0 Å². The molecule has 0 aliphatic carbocycles. The molecular formula is C14H20N2O. The Morgan fingerprint density at radius 1 is 1.41 bits per heavy atom. The molecule has 0 heterocycles. The summed E-state index contributed by atoms with van der Waals surface area (Å²) in [6.45, 7) is 3.64. The quantitative estimate of drug-likeness (QED) is 0.730. The van der Waals surface area contributed by atoms with Gasteiger partial charge in [-0.3, -0.25) is 5.32 Å². The van der Waals surface area contributed by atoms with E-state index in [-0.39, 0.29) is 6.04 Å². The number of ether oxygens (including phenoxy) is 1. The molecule has 0 aromatic heterocycles. The maximum absolute atomic E-state index is 5.80. The number of nitrogens with two attached hydrogens (primary N) is 1. The fourth-order valence-corrected chi connectivity index (χ4v) is 1.74. The van der Waals surface area contributed by atoms with Gasteiger partial charge in [0.25, 0.3) is 0 Å². The molecule has 92 valence electrons. The summed E-state index contributed by atoms with van der Waals surface area (Å²) in [6, 6.07) is 8.30.